The van der Waals surface area contributed by atoms with E-state index < -0.39 is 21.8 Å². The zero-order valence-electron chi connectivity index (χ0n) is 17.1. The van der Waals surface area contributed by atoms with E-state index in [1.54, 1.807) is 12.1 Å². The van der Waals surface area contributed by atoms with Crippen LogP contribution in [0, 0.1) is 0 Å². The molecule has 2 N–H and O–H groups in total. The number of piperidine rings is 1. The molecule has 31 heavy (non-hydrogen) atoms. The number of phenols is 1. The van der Waals surface area contributed by atoms with Crippen LogP contribution in [0.25, 0.3) is 0 Å². The molecule has 0 aliphatic carbocycles. The Bertz CT molecular complexity index is 1010. The number of rotatable bonds is 6. The van der Waals surface area contributed by atoms with Crippen molar-refractivity contribution >= 4 is 44.9 Å². The first kappa shape index (κ1) is 24.6. The molecule has 1 saturated heterocycles. The Kier molecular flexibility index (Phi) is 7.48. The van der Waals surface area contributed by atoms with Gasteiger partial charge in [-0.25, -0.2) is 0 Å². The number of hydrogen-bond acceptors (Lipinski definition) is 6. The van der Waals surface area contributed by atoms with Crippen LogP contribution in [0.5, 0.6) is 5.75 Å². The molecule has 10 heteroatoms. The van der Waals surface area contributed by atoms with E-state index in [9.17, 15) is 18.6 Å². The van der Waals surface area contributed by atoms with Crippen molar-refractivity contribution in [1.29, 1.82) is 0 Å². The number of hydrogen-bond donors (Lipinski definition) is 2. The van der Waals surface area contributed by atoms with Crippen LogP contribution in [-0.4, -0.2) is 48.9 Å². The molecule has 2 aromatic carbocycles. The highest BCUT2D eigenvalue weighted by atomic mass is 35.5. The summed E-state index contributed by atoms with van der Waals surface area (Å²) >= 11 is 18.0. The molecule has 1 heterocycles. The summed E-state index contributed by atoms with van der Waals surface area (Å²) in [5, 5.41) is 21.6. The predicted octanol–water partition coefficient (Wildman–Crippen LogP) is 4.74. The number of likely N-dealkylation sites (tertiary alicyclic amines) is 1. The number of aromatic hydroxyl groups is 1. The summed E-state index contributed by atoms with van der Waals surface area (Å²) in [7, 11) is -3.80. The maximum Gasteiger partial charge on any atom is 0.265 e. The monoisotopic (exact) mass is 507 g/mol. The quantitative estimate of drug-likeness (QED) is 0.548. The normalized spacial score (nSPS) is 19.2. The van der Waals surface area contributed by atoms with Crippen LogP contribution in [0.2, 0.25) is 15.1 Å². The van der Waals surface area contributed by atoms with E-state index in [-0.39, 0.29) is 21.8 Å². The Balaban J connectivity index is 1.82. The standard InChI is InChI=1S/C21H24Cl3NO5S/c1-13(20(30-31(2,28)29)14-11-17(23)19(26)18(24)12-14)25-9-7-21(27,8-10-25)15-3-5-16(22)6-4-15/h3-6,11-13,20,26-27H,7-10H2,1-2H3/t13-,20+/m1/s1. The zero-order chi connectivity index (χ0) is 23.0. The number of halogens is 3. The molecule has 0 unspecified atom stereocenters. The molecule has 1 aliphatic rings. The molecule has 0 radical (unpaired) electrons. The Morgan fingerprint density at radius 3 is 2.06 bits per heavy atom. The van der Waals surface area contributed by atoms with Gasteiger partial charge in [0.25, 0.3) is 10.1 Å². The Hall–Kier alpha value is -1.06. The van der Waals surface area contributed by atoms with E-state index in [1.807, 2.05) is 19.1 Å². The molecule has 2 aromatic rings. The largest absolute Gasteiger partial charge is 0.505 e. The van der Waals surface area contributed by atoms with Crippen LogP contribution in [-0.2, 0) is 19.9 Å². The SMILES string of the molecule is C[C@H]([C@H](OS(C)(=O)=O)c1cc(Cl)c(O)c(Cl)c1)N1CCC(O)(c2ccc(Cl)cc2)CC1. The Morgan fingerprint density at radius 2 is 1.58 bits per heavy atom. The van der Waals surface area contributed by atoms with Crippen molar-refractivity contribution in [2.75, 3.05) is 19.3 Å². The average molecular weight is 509 g/mol. The van der Waals surface area contributed by atoms with Gasteiger partial charge in [0.2, 0.25) is 0 Å². The van der Waals surface area contributed by atoms with Gasteiger partial charge in [0.1, 0.15) is 6.10 Å². The minimum absolute atomic E-state index is 0.00700. The van der Waals surface area contributed by atoms with Crippen molar-refractivity contribution in [1.82, 2.24) is 4.90 Å². The van der Waals surface area contributed by atoms with Crippen molar-refractivity contribution in [3.05, 3.63) is 62.6 Å². The third-order valence-electron chi connectivity index (χ3n) is 5.67. The van der Waals surface area contributed by atoms with Crippen LogP contribution in [0.1, 0.15) is 37.0 Å². The van der Waals surface area contributed by atoms with E-state index in [4.69, 9.17) is 39.0 Å². The molecule has 0 saturated carbocycles. The lowest BCUT2D eigenvalue weighted by Crippen LogP contribution is -2.48. The summed E-state index contributed by atoms with van der Waals surface area (Å²) < 4.78 is 29.3. The molecule has 0 aromatic heterocycles. The molecule has 2 atom stereocenters. The van der Waals surface area contributed by atoms with E-state index in [1.165, 1.54) is 12.1 Å². The first-order chi connectivity index (χ1) is 14.4. The van der Waals surface area contributed by atoms with Crippen molar-refractivity contribution in [3.8, 4) is 5.75 Å². The summed E-state index contributed by atoms with van der Waals surface area (Å²) in [6.45, 7) is 2.88. The van der Waals surface area contributed by atoms with Crippen LogP contribution in [0.15, 0.2) is 36.4 Å². The number of nitrogens with zero attached hydrogens (tertiary/aromatic N) is 1. The van der Waals surface area contributed by atoms with Crippen LogP contribution in [0.4, 0.5) is 0 Å². The van der Waals surface area contributed by atoms with E-state index >= 15 is 0 Å². The fraction of sp³-hybridized carbons (Fsp3) is 0.429. The molecule has 6 nitrogen and oxygen atoms in total. The van der Waals surface area contributed by atoms with Gasteiger partial charge in [-0.1, -0.05) is 46.9 Å². The topological polar surface area (TPSA) is 87.1 Å². The molecule has 0 bridgehead atoms. The van der Waals surface area contributed by atoms with Gasteiger partial charge in [-0.05, 0) is 55.2 Å². The Labute approximate surface area is 197 Å². The van der Waals surface area contributed by atoms with Gasteiger partial charge in [0, 0.05) is 24.2 Å². The zero-order valence-corrected chi connectivity index (χ0v) is 20.1. The molecule has 3 rings (SSSR count). The van der Waals surface area contributed by atoms with Crippen molar-refractivity contribution in [2.45, 2.75) is 37.5 Å². The highest BCUT2D eigenvalue weighted by Crippen LogP contribution is 2.39. The van der Waals surface area contributed by atoms with Gasteiger partial charge in [0.15, 0.2) is 5.75 Å². The number of aliphatic hydroxyl groups is 1. The molecule has 0 amide bonds. The van der Waals surface area contributed by atoms with E-state index in [0.29, 0.717) is 36.5 Å². The molecule has 170 valence electrons. The van der Waals surface area contributed by atoms with Crippen LogP contribution >= 0.6 is 34.8 Å². The predicted molar refractivity (Wildman–Crippen MR) is 122 cm³/mol. The van der Waals surface area contributed by atoms with Gasteiger partial charge in [-0.2, -0.15) is 8.42 Å². The van der Waals surface area contributed by atoms with Gasteiger partial charge in [0.05, 0.1) is 21.9 Å². The van der Waals surface area contributed by atoms with Gasteiger partial charge < -0.3 is 10.2 Å². The lowest BCUT2D eigenvalue weighted by Gasteiger charge is -2.42. The van der Waals surface area contributed by atoms with E-state index in [2.05, 4.69) is 4.90 Å². The van der Waals surface area contributed by atoms with Gasteiger partial charge in [-0.3, -0.25) is 9.08 Å². The lowest BCUT2D eigenvalue weighted by atomic mass is 9.83. The summed E-state index contributed by atoms with van der Waals surface area (Å²) in [4.78, 5) is 2.05. The maximum absolute atomic E-state index is 11.9. The maximum atomic E-state index is 11.9. The van der Waals surface area contributed by atoms with Gasteiger partial charge >= 0.3 is 0 Å². The first-order valence-corrected chi connectivity index (χ1v) is 12.6. The van der Waals surface area contributed by atoms with Crippen molar-refractivity contribution in [2.24, 2.45) is 0 Å². The Morgan fingerprint density at radius 1 is 1.06 bits per heavy atom. The van der Waals surface area contributed by atoms with Gasteiger partial charge in [-0.15, -0.1) is 0 Å². The summed E-state index contributed by atoms with van der Waals surface area (Å²) in [6.07, 6.45) is 1.00. The fourth-order valence-electron chi connectivity index (χ4n) is 3.89. The lowest BCUT2D eigenvalue weighted by molar-refractivity contribution is -0.0465. The fourth-order valence-corrected chi connectivity index (χ4v) is 5.17. The minimum Gasteiger partial charge on any atom is -0.505 e. The molecule has 0 spiro atoms. The van der Waals surface area contributed by atoms with Crippen LogP contribution in [0.3, 0.4) is 0 Å². The summed E-state index contributed by atoms with van der Waals surface area (Å²) in [6, 6.07) is 9.65. The highest BCUT2D eigenvalue weighted by molar-refractivity contribution is 7.86. The van der Waals surface area contributed by atoms with Crippen LogP contribution < -0.4 is 0 Å². The second-order valence-electron chi connectivity index (χ2n) is 7.87. The summed E-state index contributed by atoms with van der Waals surface area (Å²) in [5.41, 5.74) is 0.244. The third kappa shape index (κ3) is 5.85. The first-order valence-electron chi connectivity index (χ1n) is 9.68. The van der Waals surface area contributed by atoms with Crippen molar-refractivity contribution in [3.63, 3.8) is 0 Å². The number of phenolic OH excluding ortho intramolecular Hbond substituents is 1. The molecule has 1 fully saturated rings. The third-order valence-corrected chi connectivity index (χ3v) is 7.05. The smallest absolute Gasteiger partial charge is 0.265 e. The molecule has 1 aliphatic heterocycles. The average Bonchev–Trinajstić information content (AvgIpc) is 2.69. The summed E-state index contributed by atoms with van der Waals surface area (Å²) in [5.74, 6) is -0.274. The highest BCUT2D eigenvalue weighted by Gasteiger charge is 2.38. The molecular formula is C21H24Cl3NO5S. The second kappa shape index (κ2) is 9.43. The van der Waals surface area contributed by atoms with E-state index in [0.717, 1.165) is 11.8 Å². The minimum atomic E-state index is -3.80. The van der Waals surface area contributed by atoms with Crippen molar-refractivity contribution < 1.29 is 22.8 Å². The molecular weight excluding hydrogens is 485 g/mol. The second-order valence-corrected chi connectivity index (χ2v) is 10.7. The number of benzene rings is 2.